The maximum Gasteiger partial charge on any atom is 0.238 e. The molecule has 0 bridgehead atoms. The average molecular weight is 452 g/mol. The Hall–Kier alpha value is -3.23. The summed E-state index contributed by atoms with van der Waals surface area (Å²) in [4.78, 5) is 28.8. The van der Waals surface area contributed by atoms with Crippen LogP contribution in [0.5, 0.6) is 0 Å². The maximum absolute atomic E-state index is 12.1. The van der Waals surface area contributed by atoms with Gasteiger partial charge in [0, 0.05) is 29.0 Å². The zero-order chi connectivity index (χ0) is 23.8. The van der Waals surface area contributed by atoms with E-state index < -0.39 is 0 Å². The monoisotopic (exact) mass is 451 g/mol. The smallest absolute Gasteiger partial charge is 0.238 e. The van der Waals surface area contributed by atoms with Gasteiger partial charge in [0.1, 0.15) is 5.52 Å². The summed E-state index contributed by atoms with van der Waals surface area (Å²) in [5.41, 5.74) is 3.47. The second-order valence-electron chi connectivity index (χ2n) is 8.26. The largest absolute Gasteiger partial charge is 0.436 e. The van der Waals surface area contributed by atoms with E-state index in [0.717, 1.165) is 18.4 Å². The van der Waals surface area contributed by atoms with Gasteiger partial charge in [-0.1, -0.05) is 13.8 Å². The highest BCUT2D eigenvalue weighted by atomic mass is 16.3. The summed E-state index contributed by atoms with van der Waals surface area (Å²) < 4.78 is 5.87. The standard InChI is InChI=1S/C25H33N5O3/c1-5-16(3)26-14-23(31)28-19-9-7-18(8-10-19)25-30-21-13-20(11-12-22(21)33-25)29-24(32)15-27-17(4)6-2/h7-13,16-17,26-27H,5-6,14-15H2,1-4H3,(H,28,31)(H,29,32)/t16-,17-/m1/s1. The molecule has 176 valence electrons. The molecule has 2 amide bonds. The van der Waals surface area contributed by atoms with Gasteiger partial charge < -0.3 is 25.7 Å². The number of fused-ring (bicyclic) bond motifs is 1. The highest BCUT2D eigenvalue weighted by molar-refractivity contribution is 5.94. The number of oxazole rings is 1. The third-order valence-electron chi connectivity index (χ3n) is 5.53. The molecular formula is C25H33N5O3. The normalized spacial score (nSPS) is 13.0. The van der Waals surface area contributed by atoms with Crippen LogP contribution in [0.15, 0.2) is 46.9 Å². The van der Waals surface area contributed by atoms with Crippen molar-refractivity contribution >= 4 is 34.3 Å². The lowest BCUT2D eigenvalue weighted by Gasteiger charge is -2.11. The minimum absolute atomic E-state index is 0.0844. The van der Waals surface area contributed by atoms with Crippen LogP contribution in [0.3, 0.4) is 0 Å². The maximum atomic E-state index is 12.1. The van der Waals surface area contributed by atoms with Gasteiger partial charge in [0.15, 0.2) is 5.58 Å². The number of carbonyl (C=O) groups excluding carboxylic acids is 2. The molecule has 8 nitrogen and oxygen atoms in total. The topological polar surface area (TPSA) is 108 Å². The van der Waals surface area contributed by atoms with Crippen LogP contribution in [0.25, 0.3) is 22.6 Å². The van der Waals surface area contributed by atoms with Crippen molar-refractivity contribution < 1.29 is 14.0 Å². The number of anilines is 2. The first kappa shape index (κ1) is 24.4. The van der Waals surface area contributed by atoms with E-state index in [1.807, 2.05) is 38.1 Å². The molecule has 0 saturated heterocycles. The zero-order valence-corrected chi connectivity index (χ0v) is 19.7. The Morgan fingerprint density at radius 3 is 1.97 bits per heavy atom. The van der Waals surface area contributed by atoms with Crippen molar-refractivity contribution in [3.63, 3.8) is 0 Å². The SMILES string of the molecule is CC[C@@H](C)NCC(=O)Nc1ccc(-c2nc3cc(NC(=O)CN[C@H](C)CC)ccc3o2)cc1. The molecule has 0 fully saturated rings. The van der Waals surface area contributed by atoms with Crippen molar-refractivity contribution in [1.82, 2.24) is 15.6 Å². The van der Waals surface area contributed by atoms with E-state index >= 15 is 0 Å². The van der Waals surface area contributed by atoms with Gasteiger partial charge in [-0.2, -0.15) is 0 Å². The van der Waals surface area contributed by atoms with Gasteiger partial charge in [0.2, 0.25) is 17.7 Å². The van der Waals surface area contributed by atoms with E-state index in [9.17, 15) is 9.59 Å². The van der Waals surface area contributed by atoms with Crippen LogP contribution in [0, 0.1) is 0 Å². The first-order chi connectivity index (χ1) is 15.9. The Kier molecular flexibility index (Phi) is 8.57. The van der Waals surface area contributed by atoms with Crippen molar-refractivity contribution in [2.75, 3.05) is 23.7 Å². The van der Waals surface area contributed by atoms with Crippen molar-refractivity contribution in [2.45, 2.75) is 52.6 Å². The van der Waals surface area contributed by atoms with Crippen LogP contribution >= 0.6 is 0 Å². The number of nitrogens with zero attached hydrogens (tertiary/aromatic N) is 1. The van der Waals surface area contributed by atoms with Crippen LogP contribution in [-0.4, -0.2) is 42.0 Å². The summed E-state index contributed by atoms with van der Waals surface area (Å²) in [7, 11) is 0. The Bertz CT molecular complexity index is 1080. The second kappa shape index (κ2) is 11.6. The average Bonchev–Trinajstić information content (AvgIpc) is 3.24. The van der Waals surface area contributed by atoms with Crippen molar-refractivity contribution in [3.05, 3.63) is 42.5 Å². The lowest BCUT2D eigenvalue weighted by molar-refractivity contribution is -0.116. The molecule has 0 unspecified atom stereocenters. The predicted molar refractivity (Wildman–Crippen MR) is 132 cm³/mol. The molecule has 0 spiro atoms. The Morgan fingerprint density at radius 2 is 1.39 bits per heavy atom. The third kappa shape index (κ3) is 7.13. The predicted octanol–water partition coefficient (Wildman–Crippen LogP) is 4.15. The Labute approximate surface area is 194 Å². The molecule has 0 aliphatic heterocycles. The van der Waals surface area contributed by atoms with E-state index in [4.69, 9.17) is 4.42 Å². The van der Waals surface area contributed by atoms with E-state index in [2.05, 4.69) is 40.1 Å². The highest BCUT2D eigenvalue weighted by Gasteiger charge is 2.11. The first-order valence-corrected chi connectivity index (χ1v) is 11.5. The molecule has 2 aromatic carbocycles. The Morgan fingerprint density at radius 1 is 0.848 bits per heavy atom. The fourth-order valence-corrected chi connectivity index (χ4v) is 3.06. The molecule has 1 heterocycles. The Balaban J connectivity index is 1.62. The van der Waals surface area contributed by atoms with E-state index in [0.29, 0.717) is 34.4 Å². The minimum Gasteiger partial charge on any atom is -0.436 e. The molecular weight excluding hydrogens is 418 g/mol. The summed E-state index contributed by atoms with van der Waals surface area (Å²) in [5, 5.41) is 12.1. The lowest BCUT2D eigenvalue weighted by atomic mass is 10.2. The summed E-state index contributed by atoms with van der Waals surface area (Å²) in [6, 6.07) is 13.3. The van der Waals surface area contributed by atoms with Crippen molar-refractivity contribution in [2.24, 2.45) is 0 Å². The molecule has 1 aromatic heterocycles. The van der Waals surface area contributed by atoms with E-state index in [1.54, 1.807) is 18.2 Å². The molecule has 2 atom stereocenters. The fraction of sp³-hybridized carbons (Fsp3) is 0.400. The van der Waals surface area contributed by atoms with Gasteiger partial charge in [-0.15, -0.1) is 0 Å². The molecule has 4 N–H and O–H groups in total. The van der Waals surface area contributed by atoms with Crippen LogP contribution < -0.4 is 21.3 Å². The van der Waals surface area contributed by atoms with Gasteiger partial charge in [-0.3, -0.25) is 9.59 Å². The van der Waals surface area contributed by atoms with Gasteiger partial charge in [0.05, 0.1) is 13.1 Å². The summed E-state index contributed by atoms with van der Waals surface area (Å²) >= 11 is 0. The number of carbonyl (C=O) groups is 2. The molecule has 3 aromatic rings. The molecule has 0 aliphatic carbocycles. The quantitative estimate of drug-likeness (QED) is 0.349. The van der Waals surface area contributed by atoms with Crippen LogP contribution in [-0.2, 0) is 9.59 Å². The van der Waals surface area contributed by atoms with Crippen molar-refractivity contribution in [3.8, 4) is 11.5 Å². The molecule has 8 heteroatoms. The van der Waals surface area contributed by atoms with Gasteiger partial charge in [-0.05, 0) is 69.2 Å². The molecule has 33 heavy (non-hydrogen) atoms. The van der Waals surface area contributed by atoms with Gasteiger partial charge >= 0.3 is 0 Å². The number of aromatic nitrogens is 1. The number of hydrogen-bond acceptors (Lipinski definition) is 6. The fourth-order valence-electron chi connectivity index (χ4n) is 3.06. The summed E-state index contributed by atoms with van der Waals surface area (Å²) in [6.45, 7) is 8.76. The number of amides is 2. The third-order valence-corrected chi connectivity index (χ3v) is 5.53. The first-order valence-electron chi connectivity index (χ1n) is 11.5. The number of hydrogen-bond donors (Lipinski definition) is 4. The number of benzene rings is 2. The molecule has 3 rings (SSSR count). The van der Waals surface area contributed by atoms with Gasteiger partial charge in [0.25, 0.3) is 0 Å². The highest BCUT2D eigenvalue weighted by Crippen LogP contribution is 2.27. The lowest BCUT2D eigenvalue weighted by Crippen LogP contribution is -2.33. The minimum atomic E-state index is -0.102. The molecule has 0 aliphatic rings. The summed E-state index contributed by atoms with van der Waals surface area (Å²) in [6.07, 6.45) is 1.93. The van der Waals surface area contributed by atoms with E-state index in [-0.39, 0.29) is 30.9 Å². The van der Waals surface area contributed by atoms with Gasteiger partial charge in [-0.25, -0.2) is 4.98 Å². The van der Waals surface area contributed by atoms with Crippen LogP contribution in [0.1, 0.15) is 40.5 Å². The number of rotatable bonds is 11. The molecule has 0 saturated carbocycles. The van der Waals surface area contributed by atoms with Crippen molar-refractivity contribution in [1.29, 1.82) is 0 Å². The molecule has 0 radical (unpaired) electrons. The second-order valence-corrected chi connectivity index (χ2v) is 8.26. The summed E-state index contributed by atoms with van der Waals surface area (Å²) in [5.74, 6) is 0.289. The zero-order valence-electron chi connectivity index (χ0n) is 19.7. The van der Waals surface area contributed by atoms with Crippen LogP contribution in [0.4, 0.5) is 11.4 Å². The number of nitrogens with one attached hydrogen (secondary N) is 4. The van der Waals surface area contributed by atoms with E-state index in [1.165, 1.54) is 0 Å². The van der Waals surface area contributed by atoms with Crippen LogP contribution in [0.2, 0.25) is 0 Å².